The molecule has 17 heavy (non-hydrogen) atoms. The normalized spacial score (nSPS) is 22.7. The van der Waals surface area contributed by atoms with E-state index in [1.54, 1.807) is 7.11 Å². The molecule has 0 saturated carbocycles. The Kier molecular flexibility index (Phi) is 4.54. The first-order valence-electron chi connectivity index (χ1n) is 6.23. The van der Waals surface area contributed by atoms with Gasteiger partial charge in [0.25, 0.3) is 0 Å². The molecule has 0 fully saturated rings. The molecule has 0 heterocycles. The number of nitrogens with two attached hydrogens (primary N) is 1. The van der Waals surface area contributed by atoms with Crippen LogP contribution in [-0.2, 0) is 15.9 Å². The highest BCUT2D eigenvalue weighted by molar-refractivity contribution is 5.35. The van der Waals surface area contributed by atoms with E-state index in [0.717, 1.165) is 19.4 Å². The second-order valence-corrected chi connectivity index (χ2v) is 4.58. The van der Waals surface area contributed by atoms with Gasteiger partial charge in [-0.3, -0.25) is 0 Å². The summed E-state index contributed by atoms with van der Waals surface area (Å²) in [4.78, 5) is 0. The maximum atomic E-state index is 6.25. The molecule has 0 spiro atoms. The summed E-state index contributed by atoms with van der Waals surface area (Å²) >= 11 is 0. The van der Waals surface area contributed by atoms with Gasteiger partial charge in [-0.1, -0.05) is 24.3 Å². The molecule has 1 aliphatic carbocycles. The molecule has 2 unspecified atom stereocenters. The second kappa shape index (κ2) is 6.15. The second-order valence-electron chi connectivity index (χ2n) is 4.58. The third kappa shape index (κ3) is 3.06. The molecule has 0 amide bonds. The number of hydrogen-bond donors (Lipinski definition) is 1. The van der Waals surface area contributed by atoms with Crippen molar-refractivity contribution in [1.29, 1.82) is 0 Å². The van der Waals surface area contributed by atoms with Gasteiger partial charge in [0.15, 0.2) is 0 Å². The maximum Gasteiger partial charge on any atom is 0.0700 e. The van der Waals surface area contributed by atoms with E-state index in [2.05, 4.69) is 24.3 Å². The Morgan fingerprint density at radius 2 is 2.06 bits per heavy atom. The summed E-state index contributed by atoms with van der Waals surface area (Å²) < 4.78 is 10.4. The molecule has 1 aromatic rings. The van der Waals surface area contributed by atoms with Gasteiger partial charge in [0, 0.05) is 19.8 Å². The molecule has 1 aliphatic rings. The van der Waals surface area contributed by atoms with Crippen LogP contribution in [0.5, 0.6) is 0 Å². The molecule has 0 radical (unpaired) electrons. The van der Waals surface area contributed by atoms with Crippen LogP contribution >= 0.6 is 0 Å². The topological polar surface area (TPSA) is 44.5 Å². The van der Waals surface area contributed by atoms with E-state index in [-0.39, 0.29) is 6.04 Å². The van der Waals surface area contributed by atoms with E-state index in [0.29, 0.717) is 19.1 Å². The standard InChI is InChI=1S/C14H21NO2/c1-16-8-9-17-7-6-12-10-11-4-2-3-5-13(11)14(12)15/h2-5,12,14H,6-10,15H2,1H3. The van der Waals surface area contributed by atoms with Crippen LogP contribution in [0.1, 0.15) is 23.6 Å². The number of fused-ring (bicyclic) bond motifs is 1. The van der Waals surface area contributed by atoms with Crippen LogP contribution in [0.4, 0.5) is 0 Å². The molecule has 2 atom stereocenters. The fourth-order valence-corrected chi connectivity index (χ4v) is 2.47. The monoisotopic (exact) mass is 235 g/mol. The highest BCUT2D eigenvalue weighted by Crippen LogP contribution is 2.35. The Hall–Kier alpha value is -0.900. The van der Waals surface area contributed by atoms with Crippen molar-refractivity contribution >= 4 is 0 Å². The molecule has 0 aromatic heterocycles. The molecule has 3 nitrogen and oxygen atoms in total. The summed E-state index contributed by atoms with van der Waals surface area (Å²) in [6.45, 7) is 2.11. The van der Waals surface area contributed by atoms with E-state index >= 15 is 0 Å². The van der Waals surface area contributed by atoms with Gasteiger partial charge in [-0.2, -0.15) is 0 Å². The molecule has 2 rings (SSSR count). The lowest BCUT2D eigenvalue weighted by molar-refractivity contribution is 0.0628. The average Bonchev–Trinajstić information content (AvgIpc) is 2.67. The highest BCUT2D eigenvalue weighted by atomic mass is 16.5. The van der Waals surface area contributed by atoms with E-state index in [1.807, 2.05) is 0 Å². The smallest absolute Gasteiger partial charge is 0.0700 e. The van der Waals surface area contributed by atoms with E-state index in [9.17, 15) is 0 Å². The zero-order valence-electron chi connectivity index (χ0n) is 10.4. The van der Waals surface area contributed by atoms with Gasteiger partial charge < -0.3 is 15.2 Å². The van der Waals surface area contributed by atoms with Gasteiger partial charge in [0.1, 0.15) is 0 Å². The van der Waals surface area contributed by atoms with Gasteiger partial charge in [-0.25, -0.2) is 0 Å². The predicted octanol–water partition coefficient (Wildman–Crippen LogP) is 1.91. The van der Waals surface area contributed by atoms with Crippen LogP contribution in [-0.4, -0.2) is 26.9 Å². The van der Waals surface area contributed by atoms with Crippen molar-refractivity contribution in [3.05, 3.63) is 35.4 Å². The molecule has 0 saturated heterocycles. The Bertz CT molecular complexity index is 354. The van der Waals surface area contributed by atoms with Crippen LogP contribution < -0.4 is 5.73 Å². The molecule has 0 aliphatic heterocycles. The zero-order valence-corrected chi connectivity index (χ0v) is 10.4. The van der Waals surface area contributed by atoms with E-state index < -0.39 is 0 Å². The van der Waals surface area contributed by atoms with Crippen LogP contribution in [0.15, 0.2) is 24.3 Å². The molecular weight excluding hydrogens is 214 g/mol. The van der Waals surface area contributed by atoms with Crippen molar-refractivity contribution in [2.24, 2.45) is 11.7 Å². The molecular formula is C14H21NO2. The summed E-state index contributed by atoms with van der Waals surface area (Å²) in [6.07, 6.45) is 2.12. The van der Waals surface area contributed by atoms with Crippen molar-refractivity contribution in [3.8, 4) is 0 Å². The van der Waals surface area contributed by atoms with Crippen LogP contribution in [0.3, 0.4) is 0 Å². The lowest BCUT2D eigenvalue weighted by Gasteiger charge is -2.15. The first-order valence-corrected chi connectivity index (χ1v) is 6.23. The fraction of sp³-hybridized carbons (Fsp3) is 0.571. The Balaban J connectivity index is 1.78. The Morgan fingerprint density at radius 1 is 1.24 bits per heavy atom. The third-order valence-electron chi connectivity index (χ3n) is 3.47. The lowest BCUT2D eigenvalue weighted by Crippen LogP contribution is -2.19. The Morgan fingerprint density at radius 3 is 2.82 bits per heavy atom. The lowest BCUT2D eigenvalue weighted by atomic mass is 9.98. The maximum absolute atomic E-state index is 6.25. The highest BCUT2D eigenvalue weighted by Gasteiger charge is 2.28. The van der Waals surface area contributed by atoms with Crippen LogP contribution in [0.25, 0.3) is 0 Å². The van der Waals surface area contributed by atoms with Crippen molar-refractivity contribution in [2.45, 2.75) is 18.9 Å². The molecule has 94 valence electrons. The Labute approximate surface area is 103 Å². The van der Waals surface area contributed by atoms with Gasteiger partial charge >= 0.3 is 0 Å². The van der Waals surface area contributed by atoms with Gasteiger partial charge in [0.2, 0.25) is 0 Å². The van der Waals surface area contributed by atoms with Gasteiger partial charge in [-0.05, 0) is 29.9 Å². The number of ether oxygens (including phenoxy) is 2. The minimum atomic E-state index is 0.178. The van der Waals surface area contributed by atoms with Crippen molar-refractivity contribution in [3.63, 3.8) is 0 Å². The number of methoxy groups -OCH3 is 1. The molecule has 1 aromatic carbocycles. The van der Waals surface area contributed by atoms with E-state index in [4.69, 9.17) is 15.2 Å². The summed E-state index contributed by atoms with van der Waals surface area (Å²) in [5, 5.41) is 0. The predicted molar refractivity (Wildman–Crippen MR) is 67.9 cm³/mol. The minimum Gasteiger partial charge on any atom is -0.382 e. The van der Waals surface area contributed by atoms with Crippen molar-refractivity contribution in [2.75, 3.05) is 26.9 Å². The molecule has 3 heteroatoms. The summed E-state index contributed by atoms with van der Waals surface area (Å²) in [5.41, 5.74) is 8.97. The number of benzene rings is 1. The largest absolute Gasteiger partial charge is 0.382 e. The van der Waals surface area contributed by atoms with Gasteiger partial charge in [-0.15, -0.1) is 0 Å². The minimum absolute atomic E-state index is 0.178. The first-order chi connectivity index (χ1) is 8.33. The average molecular weight is 235 g/mol. The summed E-state index contributed by atoms with van der Waals surface area (Å²) in [5.74, 6) is 0.523. The summed E-state index contributed by atoms with van der Waals surface area (Å²) in [6, 6.07) is 8.66. The van der Waals surface area contributed by atoms with Crippen LogP contribution in [0, 0.1) is 5.92 Å². The van der Waals surface area contributed by atoms with Crippen molar-refractivity contribution < 1.29 is 9.47 Å². The SMILES string of the molecule is COCCOCCC1Cc2ccccc2C1N. The van der Waals surface area contributed by atoms with Crippen molar-refractivity contribution in [1.82, 2.24) is 0 Å². The van der Waals surface area contributed by atoms with Crippen LogP contribution in [0.2, 0.25) is 0 Å². The quantitative estimate of drug-likeness (QED) is 0.766. The zero-order chi connectivity index (χ0) is 12.1. The van der Waals surface area contributed by atoms with Gasteiger partial charge in [0.05, 0.1) is 13.2 Å². The number of rotatable bonds is 6. The molecule has 0 bridgehead atoms. The third-order valence-corrected chi connectivity index (χ3v) is 3.47. The van der Waals surface area contributed by atoms with E-state index in [1.165, 1.54) is 11.1 Å². The molecule has 2 N–H and O–H groups in total. The number of hydrogen-bond acceptors (Lipinski definition) is 3. The first kappa shape index (κ1) is 12.6. The fourth-order valence-electron chi connectivity index (χ4n) is 2.47. The summed E-state index contributed by atoms with van der Waals surface area (Å²) in [7, 11) is 1.69.